The number of ether oxygens (including phenoxy) is 1. The van der Waals surface area contributed by atoms with E-state index in [2.05, 4.69) is 0 Å². The van der Waals surface area contributed by atoms with Gasteiger partial charge in [0.1, 0.15) is 0 Å². The molecule has 132 valence electrons. The van der Waals surface area contributed by atoms with E-state index in [0.717, 1.165) is 0 Å². The molecule has 8 heteroatoms. The third-order valence-electron chi connectivity index (χ3n) is 4.38. The van der Waals surface area contributed by atoms with E-state index in [9.17, 15) is 18.4 Å². The highest BCUT2D eigenvalue weighted by Gasteiger charge is 2.41. The highest BCUT2D eigenvalue weighted by atomic mass is 19.3. The Morgan fingerprint density at radius 2 is 2.17 bits per heavy atom. The van der Waals surface area contributed by atoms with E-state index in [1.807, 2.05) is 0 Å². The quantitative estimate of drug-likeness (QED) is 0.793. The van der Waals surface area contributed by atoms with Gasteiger partial charge in [-0.3, -0.25) is 14.5 Å². The minimum Gasteiger partial charge on any atom is -0.373 e. The number of nitrogens with two attached hydrogens (primary N) is 1. The summed E-state index contributed by atoms with van der Waals surface area (Å²) in [6, 6.07) is 0. The van der Waals surface area contributed by atoms with Crippen LogP contribution in [0.2, 0.25) is 0 Å². The first kappa shape index (κ1) is 18.1. The van der Waals surface area contributed by atoms with E-state index in [1.54, 1.807) is 16.8 Å². The number of nitrogens with zero attached hydrogens (tertiary/aromatic N) is 2. The fourth-order valence-electron chi connectivity index (χ4n) is 3.35. The first-order valence-corrected chi connectivity index (χ1v) is 8.02. The molecule has 1 aliphatic heterocycles. The molecule has 1 saturated heterocycles. The van der Waals surface area contributed by atoms with Gasteiger partial charge >= 0.3 is 0 Å². The molecule has 1 aliphatic carbocycles. The molecule has 2 aliphatic rings. The molecule has 1 heterocycles. The third kappa shape index (κ3) is 5.39. The number of halogens is 2. The van der Waals surface area contributed by atoms with Crippen LogP contribution < -0.4 is 5.73 Å². The van der Waals surface area contributed by atoms with Crippen LogP contribution in [0.1, 0.15) is 25.7 Å². The van der Waals surface area contributed by atoms with E-state index in [4.69, 9.17) is 10.5 Å². The number of alkyl halides is 2. The van der Waals surface area contributed by atoms with Crippen molar-refractivity contribution < 1.29 is 23.1 Å². The Morgan fingerprint density at radius 3 is 2.83 bits per heavy atom. The van der Waals surface area contributed by atoms with Crippen LogP contribution >= 0.6 is 0 Å². The van der Waals surface area contributed by atoms with Gasteiger partial charge in [0, 0.05) is 38.4 Å². The number of morpholine rings is 1. The van der Waals surface area contributed by atoms with Crippen LogP contribution in [-0.4, -0.2) is 73.5 Å². The van der Waals surface area contributed by atoms with E-state index in [0.29, 0.717) is 39.1 Å². The van der Waals surface area contributed by atoms with E-state index < -0.39 is 17.7 Å². The summed E-state index contributed by atoms with van der Waals surface area (Å²) >= 11 is 0. The van der Waals surface area contributed by atoms with Crippen molar-refractivity contribution >= 4 is 11.8 Å². The maximum Gasteiger partial charge on any atom is 0.248 e. The van der Waals surface area contributed by atoms with Crippen LogP contribution in [0.25, 0.3) is 0 Å². The van der Waals surface area contributed by atoms with Gasteiger partial charge in [0.25, 0.3) is 0 Å². The molecule has 0 radical (unpaired) electrons. The Hall–Kier alpha value is -1.28. The lowest BCUT2D eigenvalue weighted by Gasteiger charge is -2.38. The number of carbonyl (C=O) groups excluding carboxylic acids is 2. The molecule has 0 bridgehead atoms. The molecule has 2 unspecified atom stereocenters. The second kappa shape index (κ2) is 7.53. The molecule has 0 aromatic rings. The standard InChI is InChI=1S/C15H25F2N3O3/c1-19(10-13(18)21)8-12-9-20(5-6-23-12)14(22)11-3-2-4-15(16,17)7-11/h11-12H,2-10H2,1H3,(H2,18,21). The highest BCUT2D eigenvalue weighted by Crippen LogP contribution is 2.37. The average molecular weight is 333 g/mol. The molecule has 2 rings (SSSR count). The van der Waals surface area contributed by atoms with Gasteiger partial charge in [-0.25, -0.2) is 8.78 Å². The van der Waals surface area contributed by atoms with E-state index in [-0.39, 0.29) is 31.4 Å². The summed E-state index contributed by atoms with van der Waals surface area (Å²) in [5, 5.41) is 0. The van der Waals surface area contributed by atoms with Gasteiger partial charge in [0.2, 0.25) is 17.7 Å². The first-order valence-electron chi connectivity index (χ1n) is 8.02. The molecule has 0 aromatic heterocycles. The summed E-state index contributed by atoms with van der Waals surface area (Å²) in [6.07, 6.45) is 0.202. The van der Waals surface area contributed by atoms with Crippen LogP contribution in [0.5, 0.6) is 0 Å². The van der Waals surface area contributed by atoms with Crippen LogP contribution in [0.15, 0.2) is 0 Å². The van der Waals surface area contributed by atoms with Crippen molar-refractivity contribution in [3.8, 4) is 0 Å². The summed E-state index contributed by atoms with van der Waals surface area (Å²) < 4.78 is 32.6. The second-order valence-corrected chi connectivity index (χ2v) is 6.59. The largest absolute Gasteiger partial charge is 0.373 e. The van der Waals surface area contributed by atoms with Gasteiger partial charge in [0.15, 0.2) is 0 Å². The molecule has 2 N–H and O–H groups in total. The molecule has 2 amide bonds. The van der Waals surface area contributed by atoms with Gasteiger partial charge in [-0.2, -0.15) is 0 Å². The smallest absolute Gasteiger partial charge is 0.248 e. The minimum absolute atomic E-state index is 0.114. The molecule has 6 nitrogen and oxygen atoms in total. The van der Waals surface area contributed by atoms with Gasteiger partial charge in [-0.05, 0) is 19.9 Å². The summed E-state index contributed by atoms with van der Waals surface area (Å²) in [7, 11) is 1.75. The Kier molecular flexibility index (Phi) is 5.91. The second-order valence-electron chi connectivity index (χ2n) is 6.59. The summed E-state index contributed by atoms with van der Waals surface area (Å²) in [6.45, 7) is 1.75. The normalized spacial score (nSPS) is 27.9. The molecule has 23 heavy (non-hydrogen) atoms. The number of likely N-dealkylation sites (N-methyl/N-ethyl adjacent to an activating group) is 1. The van der Waals surface area contributed by atoms with Crippen molar-refractivity contribution in [2.75, 3.05) is 39.8 Å². The Bertz CT molecular complexity index is 448. The maximum absolute atomic E-state index is 13.5. The van der Waals surface area contributed by atoms with Crippen LogP contribution in [0.4, 0.5) is 8.78 Å². The molecular weight excluding hydrogens is 308 g/mol. The van der Waals surface area contributed by atoms with Gasteiger partial charge in [-0.1, -0.05) is 0 Å². The molecule has 2 atom stereocenters. The van der Waals surface area contributed by atoms with Gasteiger partial charge < -0.3 is 15.4 Å². The monoisotopic (exact) mass is 333 g/mol. The molecular formula is C15H25F2N3O3. The van der Waals surface area contributed by atoms with Crippen molar-refractivity contribution in [3.63, 3.8) is 0 Å². The maximum atomic E-state index is 13.5. The average Bonchev–Trinajstić information content (AvgIpc) is 2.44. The Labute approximate surface area is 134 Å². The topological polar surface area (TPSA) is 75.9 Å². The van der Waals surface area contributed by atoms with Crippen molar-refractivity contribution in [1.82, 2.24) is 9.80 Å². The van der Waals surface area contributed by atoms with Crippen molar-refractivity contribution in [2.45, 2.75) is 37.7 Å². The number of rotatable bonds is 5. The van der Waals surface area contributed by atoms with Gasteiger partial charge in [0.05, 0.1) is 19.3 Å². The van der Waals surface area contributed by atoms with E-state index >= 15 is 0 Å². The SMILES string of the molecule is CN(CC(N)=O)CC1CN(C(=O)C2CCCC(F)(F)C2)CCO1. The van der Waals surface area contributed by atoms with Crippen LogP contribution in [-0.2, 0) is 14.3 Å². The van der Waals surface area contributed by atoms with Crippen LogP contribution in [0, 0.1) is 5.92 Å². The van der Waals surface area contributed by atoms with E-state index in [1.165, 1.54) is 0 Å². The number of primary amides is 1. The number of hydrogen-bond donors (Lipinski definition) is 1. The lowest BCUT2D eigenvalue weighted by Crippen LogP contribution is -2.52. The molecule has 0 aromatic carbocycles. The summed E-state index contributed by atoms with van der Waals surface area (Å²) in [4.78, 5) is 26.8. The zero-order chi connectivity index (χ0) is 17.0. The number of amides is 2. The zero-order valence-electron chi connectivity index (χ0n) is 13.5. The summed E-state index contributed by atoms with van der Waals surface area (Å²) in [5.41, 5.74) is 5.14. The summed E-state index contributed by atoms with van der Waals surface area (Å²) in [5.74, 6) is -3.96. The minimum atomic E-state index is -2.73. The van der Waals surface area contributed by atoms with Crippen molar-refractivity contribution in [3.05, 3.63) is 0 Å². The lowest BCUT2D eigenvalue weighted by molar-refractivity contribution is -0.150. The van der Waals surface area contributed by atoms with Gasteiger partial charge in [-0.15, -0.1) is 0 Å². The lowest BCUT2D eigenvalue weighted by atomic mass is 9.85. The molecule has 2 fully saturated rings. The fourth-order valence-corrected chi connectivity index (χ4v) is 3.35. The predicted molar refractivity (Wildman–Crippen MR) is 79.9 cm³/mol. The highest BCUT2D eigenvalue weighted by molar-refractivity contribution is 5.79. The van der Waals surface area contributed by atoms with Crippen LogP contribution in [0.3, 0.4) is 0 Å². The Morgan fingerprint density at radius 1 is 1.43 bits per heavy atom. The Balaban J connectivity index is 1.87. The third-order valence-corrected chi connectivity index (χ3v) is 4.38. The van der Waals surface area contributed by atoms with Crippen molar-refractivity contribution in [1.29, 1.82) is 0 Å². The fraction of sp³-hybridized carbons (Fsp3) is 0.867. The zero-order valence-corrected chi connectivity index (χ0v) is 13.5. The number of carbonyl (C=O) groups is 2. The molecule has 1 saturated carbocycles. The van der Waals surface area contributed by atoms with Crippen molar-refractivity contribution in [2.24, 2.45) is 11.7 Å². The number of hydrogen-bond acceptors (Lipinski definition) is 4. The molecule has 0 spiro atoms. The first-order chi connectivity index (χ1) is 10.8. The predicted octanol–water partition coefficient (Wildman–Crippen LogP) is 0.456.